The van der Waals surface area contributed by atoms with Crippen molar-refractivity contribution in [1.82, 2.24) is 41.3 Å². The maximum absolute atomic E-state index is 14.6. The number of aromatic hydroxyl groups is 1. The highest BCUT2D eigenvalue weighted by Gasteiger charge is 2.46. The number of nitrogens with two attached hydrogens (primary N) is 4. The summed E-state index contributed by atoms with van der Waals surface area (Å²) in [7, 11) is 0. The lowest BCUT2D eigenvalue weighted by Gasteiger charge is -2.34. The van der Waals surface area contributed by atoms with E-state index < -0.39 is 108 Å². The van der Waals surface area contributed by atoms with E-state index in [1.54, 1.807) is 0 Å². The summed E-state index contributed by atoms with van der Waals surface area (Å²) in [5.41, 5.74) is 26.4. The summed E-state index contributed by atoms with van der Waals surface area (Å²) in [4.78, 5) is 134. The molecule has 26 heteroatoms. The average molecular weight is 1090 g/mol. The van der Waals surface area contributed by atoms with Gasteiger partial charge in [0.1, 0.15) is 54.1 Å². The molecule has 3 fully saturated rings. The fraction of sp³-hybridized carbons (Fsp3) is 0.667. The van der Waals surface area contributed by atoms with Crippen LogP contribution in [0.3, 0.4) is 0 Å². The van der Waals surface area contributed by atoms with Crippen LogP contribution < -0.4 is 65.2 Å². The number of carboxylic acid groups (broad SMARTS) is 1. The number of rotatable bonds is 28. The van der Waals surface area contributed by atoms with Crippen molar-refractivity contribution < 1.29 is 69.1 Å². The Balaban J connectivity index is 1.45. The van der Waals surface area contributed by atoms with E-state index in [0.717, 1.165) is 0 Å². The van der Waals surface area contributed by atoms with E-state index in [4.69, 9.17) is 22.9 Å². The number of carbonyl (C=O) groups excluding carboxylic acids is 8. The van der Waals surface area contributed by atoms with Crippen molar-refractivity contribution in [3.8, 4) is 5.75 Å². The predicted molar refractivity (Wildman–Crippen MR) is 281 cm³/mol. The van der Waals surface area contributed by atoms with Crippen LogP contribution in [0.4, 0.5) is 0 Å². The number of nitrogens with zero attached hydrogens (tertiary/aromatic N) is 3. The first-order valence-electron chi connectivity index (χ1n) is 26.9. The molecule has 0 saturated carbocycles. The lowest BCUT2D eigenvalue weighted by atomic mass is 10.0. The number of phenolic OH excluding ortho intramolecular Hbond substituents is 1. The lowest BCUT2D eigenvalue weighted by Crippen LogP contribution is -2.78. The van der Waals surface area contributed by atoms with Crippen LogP contribution in [0, 0.1) is 11.8 Å². The van der Waals surface area contributed by atoms with Crippen LogP contribution in [-0.4, -0.2) is 177 Å². The molecule has 3 aliphatic rings. The smallest absolute Gasteiger partial charge is 0.338 e. The Morgan fingerprint density at radius 1 is 0.597 bits per heavy atom. The minimum atomic E-state index is -1.39. The topological polar surface area (TPSA) is 424 Å². The van der Waals surface area contributed by atoms with Gasteiger partial charge in [-0.25, -0.2) is 4.79 Å². The summed E-state index contributed by atoms with van der Waals surface area (Å²) in [6.07, 6.45) is 3.89. The molecule has 20 N–H and O–H groups in total. The third-order valence-corrected chi connectivity index (χ3v) is 13.9. The maximum atomic E-state index is 14.6. The number of benzene rings is 1. The average Bonchev–Trinajstić information content (AvgIpc) is 4.18. The molecule has 77 heavy (non-hydrogen) atoms. The number of aliphatic carboxylic acids is 1. The monoisotopic (exact) mass is 1080 g/mol. The minimum absolute atomic E-state index is 0.0162. The largest absolute Gasteiger partial charge is 0.508 e. The van der Waals surface area contributed by atoms with Crippen molar-refractivity contribution >= 4 is 65.1 Å². The number of likely N-dealkylation sites (tertiary alicyclic amines) is 3. The highest BCUT2D eigenvalue weighted by molar-refractivity contribution is 5.98. The normalized spacial score (nSPS) is 19.5. The van der Waals surface area contributed by atoms with Gasteiger partial charge in [0, 0.05) is 32.5 Å². The fourth-order valence-electron chi connectivity index (χ4n) is 9.96. The van der Waals surface area contributed by atoms with Gasteiger partial charge in [0.15, 0.2) is 6.04 Å². The molecular weight excluding hydrogens is 999 g/mol. The van der Waals surface area contributed by atoms with Gasteiger partial charge in [-0.05, 0) is 107 Å². The van der Waals surface area contributed by atoms with E-state index >= 15 is 0 Å². The highest BCUT2D eigenvalue weighted by atomic mass is 16.4. The summed E-state index contributed by atoms with van der Waals surface area (Å²) in [5, 5.41) is 33.4. The molecule has 3 aliphatic heterocycles. The van der Waals surface area contributed by atoms with Gasteiger partial charge in [0.2, 0.25) is 41.4 Å². The van der Waals surface area contributed by atoms with Crippen molar-refractivity contribution in [1.29, 1.82) is 0 Å². The Bertz CT molecular complexity index is 2290. The molecule has 0 spiro atoms. The Kier molecular flexibility index (Phi) is 24.2. The predicted octanol–water partition coefficient (Wildman–Crippen LogP) is -6.59. The first-order chi connectivity index (χ1) is 36.4. The van der Waals surface area contributed by atoms with Crippen molar-refractivity contribution in [3.63, 3.8) is 0 Å². The molecule has 0 aliphatic carbocycles. The van der Waals surface area contributed by atoms with Gasteiger partial charge in [0.25, 0.3) is 5.91 Å². The van der Waals surface area contributed by atoms with E-state index in [2.05, 4.69) is 42.3 Å². The van der Waals surface area contributed by atoms with Crippen LogP contribution >= 0.6 is 0 Å². The number of carbonyl (C=O) groups is 9. The number of quaternary nitrogens is 1. The fourth-order valence-corrected chi connectivity index (χ4v) is 9.96. The van der Waals surface area contributed by atoms with E-state index in [1.807, 2.05) is 27.7 Å². The van der Waals surface area contributed by atoms with Gasteiger partial charge in [-0.3, -0.25) is 71.3 Å². The van der Waals surface area contributed by atoms with Crippen LogP contribution in [0.15, 0.2) is 24.3 Å². The minimum Gasteiger partial charge on any atom is -0.508 e. The zero-order valence-corrected chi connectivity index (χ0v) is 45.3. The molecule has 26 nitrogen and oxygen atoms in total. The molecule has 8 amide bonds. The number of hydrogen-bond donors (Lipinski definition) is 14. The molecule has 3 saturated heterocycles. The third-order valence-electron chi connectivity index (χ3n) is 13.9. The van der Waals surface area contributed by atoms with Crippen LogP contribution in [0.2, 0.25) is 0 Å². The van der Waals surface area contributed by atoms with E-state index in [0.29, 0.717) is 57.1 Å². The second-order valence-corrected chi connectivity index (χ2v) is 21.3. The summed E-state index contributed by atoms with van der Waals surface area (Å²) in [6, 6.07) is -3.48. The number of phenols is 1. The molecule has 3 heterocycles. The Morgan fingerprint density at radius 3 is 1.57 bits per heavy atom. The van der Waals surface area contributed by atoms with Gasteiger partial charge < -0.3 is 57.2 Å². The Hall–Kier alpha value is -7.25. The van der Waals surface area contributed by atoms with Crippen LogP contribution in [0.5, 0.6) is 5.75 Å². The van der Waals surface area contributed by atoms with E-state index in [1.165, 1.54) is 45.9 Å². The van der Waals surface area contributed by atoms with E-state index in [-0.39, 0.29) is 94.2 Å². The number of carboxylic acids is 1. The van der Waals surface area contributed by atoms with Crippen molar-refractivity contribution in [2.75, 3.05) is 32.7 Å². The van der Waals surface area contributed by atoms with Crippen molar-refractivity contribution in [2.24, 2.45) is 34.8 Å². The molecular formula is C51H86N15O11+3. The number of nitrogens with one attached hydrogen (secondary N) is 7. The number of amides is 8. The first kappa shape index (κ1) is 62.3. The van der Waals surface area contributed by atoms with Crippen molar-refractivity contribution in [3.05, 3.63) is 29.8 Å². The van der Waals surface area contributed by atoms with Gasteiger partial charge in [-0.1, -0.05) is 39.8 Å². The summed E-state index contributed by atoms with van der Waals surface area (Å²) in [5.74, 6) is -5.88. The summed E-state index contributed by atoms with van der Waals surface area (Å²) in [6.45, 7) is 10.4. The molecule has 0 unspecified atom stereocenters. The molecule has 4 rings (SSSR count). The van der Waals surface area contributed by atoms with E-state index in [9.17, 15) is 53.4 Å². The zero-order valence-electron chi connectivity index (χ0n) is 45.3. The van der Waals surface area contributed by atoms with Gasteiger partial charge in [-0.15, -0.1) is 0 Å². The molecule has 1 aromatic rings. The van der Waals surface area contributed by atoms with Crippen LogP contribution in [-0.2, 0) is 49.6 Å². The Labute approximate surface area is 449 Å². The number of guanidine groups is 2. The number of hydrogen-bond acceptors (Lipinski definition) is 10. The molecule has 0 bridgehead atoms. The molecule has 1 aromatic carbocycles. The van der Waals surface area contributed by atoms with Gasteiger partial charge in [-0.2, -0.15) is 0 Å². The standard InChI is InChI=1S/C51H83N15O11/c1-28(2)25-35(61-41(68)30(5)59-42(69)33(52)11-6-20-57-50(53)54)47(74)66-24-10-15-40(66)48(75)65-23-9-14-39(65)45(72)62-36(26-29(3)4)46(73)64-22-8-13-38(64)44(71)60-34(12-7-21-58-51(55)56)43(70)63-37(49(76)77)27-31-16-18-32(67)19-17-31/h16-19,28-30,33-40,67H,6-15,20-27,52H2,1-5H3,(H,59,69)(H,60,71)(H,61,68)(H,62,72)(H,63,70)(H,76,77)(H4,53,54,57)(H4,55,56,58)/p+3/t30-,33-,34-,35-,36-,37-,38-,39-,40-/m0/s1. The SMILES string of the molecule is CC(C)C[C@H](NC(=O)[C@@H]1CCCN1C(=O)[C@@H]1CCCN1C(=O)[C@H](CC(C)C)NC(=O)[C@H](C)NC(=O)[C@@H]([NH3+])CCC[NH+]=C(N)N)C(=O)N1CCC[C@H]1C(=O)N[C@@H](CCC[NH+]=C(N)N)C(=O)N[C@@H](Cc1ccc(O)cc1)C(=O)O. The van der Waals surface area contributed by atoms with Crippen LogP contribution in [0.1, 0.15) is 117 Å². The first-order valence-corrected chi connectivity index (χ1v) is 26.9. The quantitative estimate of drug-likeness (QED) is 0.0211. The maximum Gasteiger partial charge on any atom is 0.338 e. The van der Waals surface area contributed by atoms with Gasteiger partial charge in [0.05, 0.1) is 13.1 Å². The molecule has 0 aromatic heterocycles. The second kappa shape index (κ2) is 29.9. The summed E-state index contributed by atoms with van der Waals surface area (Å²) >= 11 is 0. The third kappa shape index (κ3) is 19.1. The molecule has 428 valence electrons. The van der Waals surface area contributed by atoms with Gasteiger partial charge >= 0.3 is 17.9 Å². The van der Waals surface area contributed by atoms with Crippen LogP contribution in [0.25, 0.3) is 0 Å². The zero-order chi connectivity index (χ0) is 57.1. The highest BCUT2D eigenvalue weighted by Crippen LogP contribution is 2.28. The summed E-state index contributed by atoms with van der Waals surface area (Å²) < 4.78 is 0. The molecule has 0 radical (unpaired) electrons. The second-order valence-electron chi connectivity index (χ2n) is 21.3. The molecule has 9 atom stereocenters. The lowest BCUT2D eigenvalue weighted by molar-refractivity contribution is -0.463. The van der Waals surface area contributed by atoms with Crippen molar-refractivity contribution in [2.45, 2.75) is 172 Å². The Morgan fingerprint density at radius 2 is 1.05 bits per heavy atom.